The molecule has 1 N–H and O–H groups in total. The molecule has 0 aliphatic carbocycles. The van der Waals surface area contributed by atoms with Gasteiger partial charge in [0.15, 0.2) is 0 Å². The van der Waals surface area contributed by atoms with Gasteiger partial charge in [-0.25, -0.2) is 0 Å². The second-order valence-electron chi connectivity index (χ2n) is 2.83. The van der Waals surface area contributed by atoms with Crippen LogP contribution >= 0.6 is 11.6 Å². The number of aliphatic hydroxyl groups is 1. The minimum absolute atomic E-state index is 0.0836. The Labute approximate surface area is 86.3 Å². The van der Waals surface area contributed by atoms with Crippen molar-refractivity contribution in [3.05, 3.63) is 44.8 Å². The van der Waals surface area contributed by atoms with E-state index in [1.807, 2.05) is 0 Å². The Kier molecular flexibility index (Phi) is 3.43. The van der Waals surface area contributed by atoms with Gasteiger partial charge in [0, 0.05) is 11.5 Å². The third-order valence-corrected chi connectivity index (χ3v) is 2.17. The van der Waals surface area contributed by atoms with Crippen LogP contribution in [-0.2, 0) is 0 Å². The molecule has 0 spiro atoms. The van der Waals surface area contributed by atoms with Crippen molar-refractivity contribution in [2.24, 2.45) is 0 Å². The molecule has 0 aromatic heterocycles. The lowest BCUT2D eigenvalue weighted by atomic mass is 10.0. The number of nitrogens with zero attached hydrogens (tertiary/aromatic N) is 1. The molecule has 0 aliphatic heterocycles. The fourth-order valence-electron chi connectivity index (χ4n) is 1.13. The second kappa shape index (κ2) is 4.39. The Hall–Kier alpha value is -1.13. The van der Waals surface area contributed by atoms with Gasteiger partial charge in [0.1, 0.15) is 5.02 Å². The molecule has 0 saturated heterocycles. The van der Waals surface area contributed by atoms with Crippen LogP contribution in [0.3, 0.4) is 0 Å². The van der Waals surface area contributed by atoms with Crippen molar-refractivity contribution < 1.29 is 10.0 Å². The molecule has 0 amide bonds. The number of hydrogen-bond donors (Lipinski definition) is 1. The molecule has 0 atom stereocenters. The van der Waals surface area contributed by atoms with E-state index in [1.165, 1.54) is 6.07 Å². The van der Waals surface area contributed by atoms with Gasteiger partial charge in [-0.05, 0) is 6.07 Å². The van der Waals surface area contributed by atoms with Crippen molar-refractivity contribution in [1.82, 2.24) is 0 Å². The van der Waals surface area contributed by atoms with Gasteiger partial charge in [0.05, 0.1) is 11.5 Å². The average Bonchev–Trinajstić information content (AvgIpc) is 2.15. The predicted octanol–water partition coefficient (Wildman–Crippen LogP) is 2.18. The third-order valence-electron chi connectivity index (χ3n) is 1.87. The van der Waals surface area contributed by atoms with Gasteiger partial charge in [-0.3, -0.25) is 10.1 Å². The Bertz CT molecular complexity index is 354. The number of benzene rings is 1. The highest BCUT2D eigenvalue weighted by Crippen LogP contribution is 2.32. The monoisotopic (exact) mass is 214 g/mol. The SMILES string of the molecule is C[C](CO)c1cccc(Cl)c1[N+](=O)[O-]. The molecule has 75 valence electrons. The normalized spacial score (nSPS) is 10.6. The topological polar surface area (TPSA) is 63.4 Å². The zero-order chi connectivity index (χ0) is 10.7. The molecule has 1 aromatic rings. The summed E-state index contributed by atoms with van der Waals surface area (Å²) in [5, 5.41) is 19.7. The van der Waals surface area contributed by atoms with E-state index in [2.05, 4.69) is 0 Å². The molecule has 1 aromatic carbocycles. The minimum atomic E-state index is -0.545. The van der Waals surface area contributed by atoms with Crippen LogP contribution in [0.25, 0.3) is 0 Å². The van der Waals surface area contributed by atoms with Crippen LogP contribution in [0.1, 0.15) is 12.5 Å². The van der Waals surface area contributed by atoms with Crippen molar-refractivity contribution in [2.75, 3.05) is 6.61 Å². The molecule has 0 bridgehead atoms. The second-order valence-corrected chi connectivity index (χ2v) is 3.24. The lowest BCUT2D eigenvalue weighted by molar-refractivity contribution is -0.385. The van der Waals surface area contributed by atoms with Gasteiger partial charge in [0.25, 0.3) is 5.69 Å². The molecule has 0 aliphatic rings. The number of halogens is 1. The van der Waals surface area contributed by atoms with Gasteiger partial charge in [-0.1, -0.05) is 30.7 Å². The number of aliphatic hydroxyl groups excluding tert-OH is 1. The molecule has 0 saturated carbocycles. The number of para-hydroxylation sites is 1. The zero-order valence-corrected chi connectivity index (χ0v) is 8.28. The van der Waals surface area contributed by atoms with Crippen molar-refractivity contribution in [3.8, 4) is 0 Å². The molecular formula is C9H9ClNO3. The van der Waals surface area contributed by atoms with Crippen molar-refractivity contribution >= 4 is 17.3 Å². The summed E-state index contributed by atoms with van der Waals surface area (Å²) in [5.41, 5.74) is 0.228. The maximum Gasteiger partial charge on any atom is 0.291 e. The summed E-state index contributed by atoms with van der Waals surface area (Å²) in [4.78, 5) is 10.1. The largest absolute Gasteiger partial charge is 0.395 e. The maximum atomic E-state index is 10.7. The molecule has 14 heavy (non-hydrogen) atoms. The Morgan fingerprint density at radius 3 is 2.79 bits per heavy atom. The average molecular weight is 215 g/mol. The smallest absolute Gasteiger partial charge is 0.291 e. The number of rotatable bonds is 3. The van der Waals surface area contributed by atoms with E-state index in [4.69, 9.17) is 16.7 Å². The van der Waals surface area contributed by atoms with E-state index >= 15 is 0 Å². The van der Waals surface area contributed by atoms with Gasteiger partial charge >= 0.3 is 0 Å². The number of nitro groups is 1. The van der Waals surface area contributed by atoms with Crippen molar-refractivity contribution in [1.29, 1.82) is 0 Å². The Balaban J connectivity index is 3.28. The lowest BCUT2D eigenvalue weighted by Gasteiger charge is -2.08. The maximum absolute atomic E-state index is 10.7. The van der Waals surface area contributed by atoms with Crippen LogP contribution in [0.15, 0.2) is 18.2 Å². The van der Waals surface area contributed by atoms with Gasteiger partial charge in [-0.15, -0.1) is 0 Å². The van der Waals surface area contributed by atoms with Gasteiger partial charge in [0.2, 0.25) is 0 Å². The summed E-state index contributed by atoms with van der Waals surface area (Å²) in [6, 6.07) is 4.63. The first kappa shape index (κ1) is 10.9. The van der Waals surface area contributed by atoms with E-state index in [0.29, 0.717) is 11.5 Å². The molecule has 0 heterocycles. The van der Waals surface area contributed by atoms with E-state index in [-0.39, 0.29) is 17.3 Å². The molecule has 0 unspecified atom stereocenters. The first-order valence-electron chi connectivity index (χ1n) is 3.94. The van der Waals surface area contributed by atoms with Crippen LogP contribution in [-0.4, -0.2) is 16.6 Å². The van der Waals surface area contributed by atoms with Gasteiger partial charge < -0.3 is 5.11 Å². The van der Waals surface area contributed by atoms with E-state index in [1.54, 1.807) is 19.1 Å². The summed E-state index contributed by atoms with van der Waals surface area (Å²) in [6.45, 7) is 1.40. The number of hydrogen-bond acceptors (Lipinski definition) is 3. The van der Waals surface area contributed by atoms with Crippen molar-refractivity contribution in [3.63, 3.8) is 0 Å². The van der Waals surface area contributed by atoms with E-state index in [0.717, 1.165) is 0 Å². The van der Waals surface area contributed by atoms with Crippen LogP contribution < -0.4 is 0 Å². The molecule has 4 nitrogen and oxygen atoms in total. The Morgan fingerprint density at radius 2 is 2.29 bits per heavy atom. The molecule has 5 heteroatoms. The molecule has 0 fully saturated rings. The third kappa shape index (κ3) is 2.02. The van der Waals surface area contributed by atoms with Crippen LogP contribution in [0, 0.1) is 16.0 Å². The highest BCUT2D eigenvalue weighted by molar-refractivity contribution is 6.32. The van der Waals surface area contributed by atoms with Crippen LogP contribution in [0.5, 0.6) is 0 Å². The molecule has 1 radical (unpaired) electrons. The van der Waals surface area contributed by atoms with Crippen molar-refractivity contribution in [2.45, 2.75) is 6.92 Å². The molecular weight excluding hydrogens is 206 g/mol. The predicted molar refractivity (Wildman–Crippen MR) is 53.2 cm³/mol. The summed E-state index contributed by atoms with van der Waals surface area (Å²) in [7, 11) is 0. The highest BCUT2D eigenvalue weighted by Gasteiger charge is 2.21. The van der Waals surface area contributed by atoms with Crippen LogP contribution in [0.4, 0.5) is 5.69 Å². The standard InChI is InChI=1S/C9H9ClNO3/c1-6(5-12)7-3-2-4-8(10)9(7)11(13)14/h2-4,12H,5H2,1H3. The highest BCUT2D eigenvalue weighted by atomic mass is 35.5. The lowest BCUT2D eigenvalue weighted by Crippen LogP contribution is -2.04. The van der Waals surface area contributed by atoms with E-state index in [9.17, 15) is 10.1 Å². The van der Waals surface area contributed by atoms with Crippen LogP contribution in [0.2, 0.25) is 5.02 Å². The Morgan fingerprint density at radius 1 is 1.64 bits per heavy atom. The summed E-state index contributed by atoms with van der Waals surface area (Å²) in [6.07, 6.45) is 0. The summed E-state index contributed by atoms with van der Waals surface area (Å²) < 4.78 is 0. The van der Waals surface area contributed by atoms with Gasteiger partial charge in [-0.2, -0.15) is 0 Å². The zero-order valence-electron chi connectivity index (χ0n) is 7.53. The number of nitro benzene ring substituents is 1. The summed E-state index contributed by atoms with van der Waals surface area (Å²) >= 11 is 5.69. The molecule has 1 rings (SSSR count). The summed E-state index contributed by atoms with van der Waals surface area (Å²) in [5.74, 6) is 0.527. The first-order chi connectivity index (χ1) is 6.57. The van der Waals surface area contributed by atoms with E-state index < -0.39 is 4.92 Å². The fraction of sp³-hybridized carbons (Fsp3) is 0.222. The quantitative estimate of drug-likeness (QED) is 0.620. The minimum Gasteiger partial charge on any atom is -0.395 e. The fourth-order valence-corrected chi connectivity index (χ4v) is 1.37. The first-order valence-corrected chi connectivity index (χ1v) is 4.32.